The Hall–Kier alpha value is -1.30. The summed E-state index contributed by atoms with van der Waals surface area (Å²) in [7, 11) is 1.54. The zero-order valence-electron chi connectivity index (χ0n) is 10.0. The predicted molar refractivity (Wildman–Crippen MR) is 69.1 cm³/mol. The molecule has 2 N–H and O–H groups in total. The predicted octanol–water partition coefficient (Wildman–Crippen LogP) is 0.964. The molecular weight excluding hydrogens is 256 g/mol. The van der Waals surface area contributed by atoms with Gasteiger partial charge in [-0.05, 0) is 18.2 Å². The Morgan fingerprint density at radius 1 is 1.61 bits per heavy atom. The van der Waals surface area contributed by atoms with Crippen molar-refractivity contribution >= 4 is 23.2 Å². The lowest BCUT2D eigenvalue weighted by Gasteiger charge is -2.34. The van der Waals surface area contributed by atoms with Crippen LogP contribution in [0, 0.1) is 0 Å². The summed E-state index contributed by atoms with van der Waals surface area (Å²) in [5, 5.41) is 12.3. The number of likely N-dealkylation sites (tertiary alicyclic amines) is 1. The second-order valence-electron chi connectivity index (χ2n) is 4.25. The van der Waals surface area contributed by atoms with Gasteiger partial charge in [-0.15, -0.1) is 0 Å². The molecule has 1 amide bonds. The lowest BCUT2D eigenvalue weighted by Crippen LogP contribution is -2.53. The molecule has 6 heteroatoms. The van der Waals surface area contributed by atoms with Crippen molar-refractivity contribution in [3.8, 4) is 5.75 Å². The molecule has 1 aromatic rings. The average molecular weight is 271 g/mol. The van der Waals surface area contributed by atoms with Gasteiger partial charge in [-0.25, -0.2) is 0 Å². The largest absolute Gasteiger partial charge is 0.495 e. The van der Waals surface area contributed by atoms with Crippen molar-refractivity contribution in [3.05, 3.63) is 23.2 Å². The maximum Gasteiger partial charge on any atom is 0.238 e. The summed E-state index contributed by atoms with van der Waals surface area (Å²) in [5.41, 5.74) is 0.631. The van der Waals surface area contributed by atoms with Gasteiger partial charge in [-0.1, -0.05) is 11.6 Å². The Balaban J connectivity index is 1.88. The van der Waals surface area contributed by atoms with Gasteiger partial charge in [-0.3, -0.25) is 9.69 Å². The summed E-state index contributed by atoms with van der Waals surface area (Å²) in [4.78, 5) is 13.5. The molecule has 0 aromatic heterocycles. The first-order valence-corrected chi connectivity index (χ1v) is 6.00. The highest BCUT2D eigenvalue weighted by Gasteiger charge is 2.25. The minimum absolute atomic E-state index is 0.122. The molecule has 1 aliphatic rings. The van der Waals surface area contributed by atoms with E-state index in [0.29, 0.717) is 29.5 Å². The van der Waals surface area contributed by atoms with Crippen LogP contribution < -0.4 is 10.1 Å². The summed E-state index contributed by atoms with van der Waals surface area (Å²) in [6, 6.07) is 5.07. The van der Waals surface area contributed by atoms with Crippen LogP contribution in [-0.2, 0) is 4.79 Å². The number of aliphatic hydroxyl groups is 1. The van der Waals surface area contributed by atoms with E-state index in [0.717, 1.165) is 0 Å². The van der Waals surface area contributed by atoms with Crippen LogP contribution in [0.2, 0.25) is 5.02 Å². The van der Waals surface area contributed by atoms with Crippen molar-refractivity contribution in [2.75, 3.05) is 32.1 Å². The van der Waals surface area contributed by atoms with E-state index in [1.54, 1.807) is 18.2 Å². The molecule has 0 radical (unpaired) electrons. The van der Waals surface area contributed by atoms with E-state index in [9.17, 15) is 4.79 Å². The molecule has 0 bridgehead atoms. The lowest BCUT2D eigenvalue weighted by molar-refractivity contribution is -0.119. The third-order valence-electron chi connectivity index (χ3n) is 2.74. The number of hydrogen-bond acceptors (Lipinski definition) is 4. The summed E-state index contributed by atoms with van der Waals surface area (Å²) >= 11 is 5.96. The van der Waals surface area contributed by atoms with E-state index >= 15 is 0 Å². The molecule has 0 saturated carbocycles. The molecule has 1 saturated heterocycles. The number of ether oxygens (including phenoxy) is 1. The van der Waals surface area contributed by atoms with Crippen LogP contribution in [0.15, 0.2) is 18.2 Å². The number of methoxy groups -OCH3 is 1. The molecule has 98 valence electrons. The van der Waals surface area contributed by atoms with E-state index in [2.05, 4.69) is 5.32 Å². The third-order valence-corrected chi connectivity index (χ3v) is 3.04. The van der Waals surface area contributed by atoms with Crippen LogP contribution in [0.5, 0.6) is 5.75 Å². The molecule has 1 aromatic carbocycles. The highest BCUT2D eigenvalue weighted by Crippen LogP contribution is 2.27. The van der Waals surface area contributed by atoms with Crippen LogP contribution in [0.1, 0.15) is 0 Å². The molecule has 1 fully saturated rings. The number of amides is 1. The van der Waals surface area contributed by atoms with E-state index in [-0.39, 0.29) is 18.6 Å². The Kier molecular flexibility index (Phi) is 4.06. The van der Waals surface area contributed by atoms with Gasteiger partial charge in [0.2, 0.25) is 5.91 Å². The minimum atomic E-state index is -0.298. The highest BCUT2D eigenvalue weighted by molar-refractivity contribution is 6.32. The number of nitrogens with one attached hydrogen (secondary N) is 1. The SMILES string of the molecule is COc1ccc(NC(=O)CN2CC(O)C2)cc1Cl. The molecule has 0 unspecified atom stereocenters. The number of nitrogens with zero attached hydrogens (tertiary/aromatic N) is 1. The second kappa shape index (κ2) is 5.56. The number of anilines is 1. The number of benzene rings is 1. The molecule has 0 aliphatic carbocycles. The molecular formula is C12H15ClN2O3. The molecule has 0 spiro atoms. The fourth-order valence-electron chi connectivity index (χ4n) is 1.82. The van der Waals surface area contributed by atoms with Crippen molar-refractivity contribution in [1.29, 1.82) is 0 Å². The fraction of sp³-hybridized carbons (Fsp3) is 0.417. The van der Waals surface area contributed by atoms with Crippen LogP contribution in [0.25, 0.3) is 0 Å². The first-order chi connectivity index (χ1) is 8.58. The Bertz CT molecular complexity index is 447. The zero-order valence-corrected chi connectivity index (χ0v) is 10.8. The van der Waals surface area contributed by atoms with Gasteiger partial charge in [0, 0.05) is 18.8 Å². The quantitative estimate of drug-likeness (QED) is 0.856. The van der Waals surface area contributed by atoms with Crippen molar-refractivity contribution in [2.24, 2.45) is 0 Å². The summed E-state index contributed by atoms with van der Waals surface area (Å²) < 4.78 is 5.03. The van der Waals surface area contributed by atoms with E-state index < -0.39 is 0 Å². The van der Waals surface area contributed by atoms with Gasteiger partial charge < -0.3 is 15.2 Å². The smallest absolute Gasteiger partial charge is 0.238 e. The van der Waals surface area contributed by atoms with Crippen LogP contribution in [-0.4, -0.2) is 48.8 Å². The minimum Gasteiger partial charge on any atom is -0.495 e. The second-order valence-corrected chi connectivity index (χ2v) is 4.65. The summed E-state index contributed by atoms with van der Waals surface area (Å²) in [6.45, 7) is 1.38. The van der Waals surface area contributed by atoms with Crippen LogP contribution in [0.4, 0.5) is 5.69 Å². The van der Waals surface area contributed by atoms with Gasteiger partial charge in [0.1, 0.15) is 5.75 Å². The van der Waals surface area contributed by atoms with Crippen LogP contribution >= 0.6 is 11.6 Å². The number of rotatable bonds is 4. The number of hydrogen-bond donors (Lipinski definition) is 2. The van der Waals surface area contributed by atoms with E-state index in [4.69, 9.17) is 21.4 Å². The molecule has 18 heavy (non-hydrogen) atoms. The van der Waals surface area contributed by atoms with Crippen molar-refractivity contribution < 1.29 is 14.6 Å². The lowest BCUT2D eigenvalue weighted by atomic mass is 10.2. The number of halogens is 1. The van der Waals surface area contributed by atoms with Crippen molar-refractivity contribution in [3.63, 3.8) is 0 Å². The summed E-state index contributed by atoms with van der Waals surface area (Å²) in [6.07, 6.45) is -0.298. The van der Waals surface area contributed by atoms with Gasteiger partial charge in [0.05, 0.1) is 24.8 Å². The molecule has 1 heterocycles. The Labute approximate surface area is 110 Å². The van der Waals surface area contributed by atoms with Gasteiger partial charge in [0.15, 0.2) is 0 Å². The zero-order chi connectivity index (χ0) is 13.1. The van der Waals surface area contributed by atoms with E-state index in [1.165, 1.54) is 7.11 Å². The Morgan fingerprint density at radius 2 is 2.33 bits per heavy atom. The van der Waals surface area contributed by atoms with Gasteiger partial charge in [-0.2, -0.15) is 0 Å². The molecule has 0 atom stereocenters. The molecule has 2 rings (SSSR count). The topological polar surface area (TPSA) is 61.8 Å². The Morgan fingerprint density at radius 3 is 2.89 bits per heavy atom. The molecule has 5 nitrogen and oxygen atoms in total. The van der Waals surface area contributed by atoms with Crippen LogP contribution in [0.3, 0.4) is 0 Å². The summed E-state index contributed by atoms with van der Waals surface area (Å²) in [5.74, 6) is 0.448. The molecule has 1 aliphatic heterocycles. The maximum atomic E-state index is 11.7. The monoisotopic (exact) mass is 270 g/mol. The fourth-order valence-corrected chi connectivity index (χ4v) is 2.08. The third kappa shape index (κ3) is 3.13. The first kappa shape index (κ1) is 13.1. The average Bonchev–Trinajstić information content (AvgIpc) is 2.27. The number of β-amino-alcohol motifs (C(OH)–C–C–N with tert-alkyl or cyclic N) is 1. The van der Waals surface area contributed by atoms with Gasteiger partial charge >= 0.3 is 0 Å². The number of aliphatic hydroxyl groups excluding tert-OH is 1. The van der Waals surface area contributed by atoms with Gasteiger partial charge in [0.25, 0.3) is 0 Å². The number of carbonyl (C=O) groups excluding carboxylic acids is 1. The first-order valence-electron chi connectivity index (χ1n) is 5.62. The van der Waals surface area contributed by atoms with Crippen molar-refractivity contribution in [1.82, 2.24) is 4.90 Å². The normalized spacial score (nSPS) is 16.2. The highest BCUT2D eigenvalue weighted by atomic mass is 35.5. The van der Waals surface area contributed by atoms with Crippen molar-refractivity contribution in [2.45, 2.75) is 6.10 Å². The number of carbonyl (C=O) groups is 1. The van der Waals surface area contributed by atoms with E-state index in [1.807, 2.05) is 4.90 Å². The standard InChI is InChI=1S/C12H15ClN2O3/c1-18-11-3-2-8(4-10(11)13)14-12(17)7-15-5-9(16)6-15/h2-4,9,16H,5-7H2,1H3,(H,14,17). The maximum absolute atomic E-state index is 11.7.